The number of hydrogen-bond donors (Lipinski definition) is 4. The lowest BCUT2D eigenvalue weighted by Crippen LogP contribution is -2.49. The molecule has 7 heteroatoms. The molecule has 0 atom stereocenters. The molecule has 0 aliphatic carbocycles. The lowest BCUT2D eigenvalue weighted by atomic mass is 10.0. The molecule has 1 aliphatic rings. The number of benzene rings is 1. The minimum Gasteiger partial charge on any atom is -0.507 e. The lowest BCUT2D eigenvalue weighted by molar-refractivity contribution is 0.0952. The van der Waals surface area contributed by atoms with E-state index < -0.39 is 0 Å². The Bertz CT molecular complexity index is 681. The van der Waals surface area contributed by atoms with Crippen LogP contribution in [0, 0.1) is 0 Å². The molecular weight excluding hydrogens is 354 g/mol. The van der Waals surface area contributed by atoms with Crippen molar-refractivity contribution < 1.29 is 9.90 Å². The van der Waals surface area contributed by atoms with Crippen LogP contribution in [0.1, 0.15) is 37.0 Å². The van der Waals surface area contributed by atoms with Crippen LogP contribution in [0.4, 0.5) is 0 Å². The first-order chi connectivity index (χ1) is 13.5. The number of carbonyl (C=O) groups excluding carboxylic acids is 1. The van der Waals surface area contributed by atoms with Gasteiger partial charge in [-0.25, -0.2) is 0 Å². The number of para-hydroxylation sites is 1. The predicted molar refractivity (Wildman–Crippen MR) is 114 cm³/mol. The molecule has 1 aliphatic heterocycles. The van der Waals surface area contributed by atoms with Gasteiger partial charge >= 0.3 is 0 Å². The largest absolute Gasteiger partial charge is 0.507 e. The van der Waals surface area contributed by atoms with Crippen molar-refractivity contribution in [1.82, 2.24) is 20.9 Å². The van der Waals surface area contributed by atoms with Crippen molar-refractivity contribution in [2.24, 2.45) is 4.99 Å². The Labute approximate surface area is 167 Å². The number of amides is 1. The van der Waals surface area contributed by atoms with Crippen LogP contribution in [-0.2, 0) is 0 Å². The number of aromatic hydroxyl groups is 1. The molecule has 1 amide bonds. The van der Waals surface area contributed by atoms with Crippen molar-refractivity contribution in [3.05, 3.63) is 42.0 Å². The quantitative estimate of drug-likeness (QED) is 0.236. The third-order valence-electron chi connectivity index (χ3n) is 4.58. The predicted octanol–water partition coefficient (Wildman–Crippen LogP) is 1.72. The summed E-state index contributed by atoms with van der Waals surface area (Å²) in [4.78, 5) is 19.1. The first kappa shape index (κ1) is 21.8. The van der Waals surface area contributed by atoms with Gasteiger partial charge in [0.1, 0.15) is 5.75 Å². The van der Waals surface area contributed by atoms with Crippen LogP contribution in [0.5, 0.6) is 5.75 Å². The van der Waals surface area contributed by atoms with Crippen LogP contribution >= 0.6 is 0 Å². The summed E-state index contributed by atoms with van der Waals surface area (Å²) in [6.45, 7) is 12.8. The summed E-state index contributed by atoms with van der Waals surface area (Å²) in [6, 6.07) is 6.91. The van der Waals surface area contributed by atoms with Crippen molar-refractivity contribution in [2.45, 2.75) is 32.7 Å². The first-order valence-electron chi connectivity index (χ1n) is 9.97. The van der Waals surface area contributed by atoms with Gasteiger partial charge < -0.3 is 21.1 Å². The van der Waals surface area contributed by atoms with Gasteiger partial charge in [0, 0.05) is 38.8 Å². The number of likely N-dealkylation sites (tertiary alicyclic amines) is 1. The Kier molecular flexibility index (Phi) is 8.81. The Morgan fingerprint density at radius 3 is 2.64 bits per heavy atom. The fraction of sp³-hybridized carbons (Fsp3) is 0.524. The Balaban J connectivity index is 1.77. The van der Waals surface area contributed by atoms with Crippen molar-refractivity contribution in [2.75, 3.05) is 39.3 Å². The van der Waals surface area contributed by atoms with E-state index >= 15 is 0 Å². The van der Waals surface area contributed by atoms with Gasteiger partial charge in [-0.15, -0.1) is 0 Å². The molecule has 4 N–H and O–H groups in total. The van der Waals surface area contributed by atoms with E-state index in [0.29, 0.717) is 19.1 Å². The van der Waals surface area contributed by atoms with Gasteiger partial charge in [-0.2, -0.15) is 0 Å². The number of phenols is 1. The van der Waals surface area contributed by atoms with E-state index in [1.807, 2.05) is 6.92 Å². The van der Waals surface area contributed by atoms with Gasteiger partial charge in [-0.3, -0.25) is 14.7 Å². The minimum atomic E-state index is -0.295. The molecule has 1 heterocycles. The molecule has 154 valence electrons. The van der Waals surface area contributed by atoms with Crippen LogP contribution in [0.2, 0.25) is 0 Å². The lowest BCUT2D eigenvalue weighted by Gasteiger charge is -2.33. The number of piperidine rings is 1. The maximum absolute atomic E-state index is 12.1. The summed E-state index contributed by atoms with van der Waals surface area (Å²) in [5.74, 6) is 0.463. The van der Waals surface area contributed by atoms with Crippen LogP contribution in [0.3, 0.4) is 0 Å². The number of rotatable bonds is 8. The molecule has 0 saturated carbocycles. The summed E-state index contributed by atoms with van der Waals surface area (Å²) >= 11 is 0. The number of hydrogen-bond acceptors (Lipinski definition) is 4. The van der Waals surface area contributed by atoms with E-state index in [4.69, 9.17) is 0 Å². The number of nitrogens with zero attached hydrogens (tertiary/aromatic N) is 2. The Morgan fingerprint density at radius 2 is 2.00 bits per heavy atom. The standard InChI is InChI=1S/C21H33N5O2/c1-4-22-21(25-17-9-13-26(14-10-17)15-16(2)3)24-12-11-23-20(28)18-7-5-6-8-19(18)27/h5-8,17,27H,2,4,9-15H2,1,3H3,(H,23,28)(H2,22,24,25). The van der Waals surface area contributed by atoms with E-state index in [1.165, 1.54) is 11.6 Å². The van der Waals surface area contributed by atoms with Crippen molar-refractivity contribution in [3.63, 3.8) is 0 Å². The van der Waals surface area contributed by atoms with E-state index in [0.717, 1.165) is 45.0 Å². The zero-order valence-electron chi connectivity index (χ0n) is 17.0. The van der Waals surface area contributed by atoms with E-state index in [-0.39, 0.29) is 17.2 Å². The van der Waals surface area contributed by atoms with Gasteiger partial charge in [-0.1, -0.05) is 24.3 Å². The van der Waals surface area contributed by atoms with Crippen LogP contribution in [0.25, 0.3) is 0 Å². The summed E-state index contributed by atoms with van der Waals surface area (Å²) in [6.07, 6.45) is 2.14. The summed E-state index contributed by atoms with van der Waals surface area (Å²) in [5, 5.41) is 19.3. The third kappa shape index (κ3) is 7.23. The number of carbonyl (C=O) groups is 1. The summed E-state index contributed by atoms with van der Waals surface area (Å²) < 4.78 is 0. The maximum atomic E-state index is 12.1. The SMILES string of the molecule is C=C(C)CN1CCC(NC(=NCCNC(=O)c2ccccc2O)NCC)CC1. The van der Waals surface area contributed by atoms with E-state index in [1.54, 1.807) is 18.2 Å². The third-order valence-corrected chi connectivity index (χ3v) is 4.58. The smallest absolute Gasteiger partial charge is 0.255 e. The van der Waals surface area contributed by atoms with Crippen molar-refractivity contribution in [3.8, 4) is 5.75 Å². The topological polar surface area (TPSA) is 89.0 Å². The Hall–Kier alpha value is -2.54. The zero-order chi connectivity index (χ0) is 20.4. The molecule has 0 radical (unpaired) electrons. The Morgan fingerprint density at radius 1 is 1.29 bits per heavy atom. The van der Waals surface area contributed by atoms with Crippen LogP contribution in [-0.4, -0.2) is 67.2 Å². The van der Waals surface area contributed by atoms with Crippen molar-refractivity contribution in [1.29, 1.82) is 0 Å². The fourth-order valence-corrected chi connectivity index (χ4v) is 3.23. The summed E-state index contributed by atoms with van der Waals surface area (Å²) in [7, 11) is 0. The highest BCUT2D eigenvalue weighted by Gasteiger charge is 2.19. The molecule has 1 aromatic carbocycles. The fourth-order valence-electron chi connectivity index (χ4n) is 3.23. The second kappa shape index (κ2) is 11.3. The molecule has 1 saturated heterocycles. The second-order valence-corrected chi connectivity index (χ2v) is 7.19. The average Bonchev–Trinajstić information content (AvgIpc) is 2.66. The maximum Gasteiger partial charge on any atom is 0.255 e. The molecule has 1 aromatic rings. The molecule has 1 fully saturated rings. The average molecular weight is 388 g/mol. The number of guanidine groups is 1. The van der Waals surface area contributed by atoms with Gasteiger partial charge in [0.25, 0.3) is 5.91 Å². The molecule has 7 nitrogen and oxygen atoms in total. The van der Waals surface area contributed by atoms with E-state index in [2.05, 4.69) is 39.3 Å². The number of nitrogens with one attached hydrogen (secondary N) is 3. The monoisotopic (exact) mass is 387 g/mol. The molecule has 0 spiro atoms. The highest BCUT2D eigenvalue weighted by Crippen LogP contribution is 2.15. The van der Waals surface area contributed by atoms with Crippen LogP contribution in [0.15, 0.2) is 41.4 Å². The van der Waals surface area contributed by atoms with Crippen LogP contribution < -0.4 is 16.0 Å². The normalized spacial score (nSPS) is 15.9. The first-order valence-corrected chi connectivity index (χ1v) is 9.97. The molecule has 0 aromatic heterocycles. The molecule has 0 unspecified atom stereocenters. The zero-order valence-corrected chi connectivity index (χ0v) is 17.0. The molecule has 0 bridgehead atoms. The van der Waals surface area contributed by atoms with Gasteiger partial charge in [0.15, 0.2) is 5.96 Å². The highest BCUT2D eigenvalue weighted by molar-refractivity contribution is 5.96. The van der Waals surface area contributed by atoms with Gasteiger partial charge in [0.05, 0.1) is 12.1 Å². The molecular formula is C21H33N5O2. The van der Waals surface area contributed by atoms with Gasteiger partial charge in [0.2, 0.25) is 0 Å². The molecule has 2 rings (SSSR count). The minimum absolute atomic E-state index is 0.0171. The number of aliphatic imine (C=N–C) groups is 1. The van der Waals surface area contributed by atoms with Gasteiger partial charge in [-0.05, 0) is 38.8 Å². The summed E-state index contributed by atoms with van der Waals surface area (Å²) in [5.41, 5.74) is 1.48. The second-order valence-electron chi connectivity index (χ2n) is 7.19. The molecule has 28 heavy (non-hydrogen) atoms. The van der Waals surface area contributed by atoms with Crippen molar-refractivity contribution >= 4 is 11.9 Å². The van der Waals surface area contributed by atoms with E-state index in [9.17, 15) is 9.90 Å². The number of phenolic OH excluding ortho intramolecular Hbond substituents is 1. The highest BCUT2D eigenvalue weighted by atomic mass is 16.3.